The molecule has 2 aromatic carbocycles. The molecule has 2 amide bonds. The molecule has 1 aliphatic heterocycles. The SMILES string of the molecule is O=C(O)CC1CCCN1C(=O)CCNC(=O)OCC1c2ccccc2-c2ccccc21. The maximum Gasteiger partial charge on any atom is 0.407 e. The van der Waals surface area contributed by atoms with Crippen LogP contribution >= 0.6 is 0 Å². The third-order valence-corrected chi connectivity index (χ3v) is 6.06. The van der Waals surface area contributed by atoms with E-state index in [0.717, 1.165) is 17.5 Å². The second-order valence-electron chi connectivity index (χ2n) is 7.98. The van der Waals surface area contributed by atoms with E-state index in [4.69, 9.17) is 9.84 Å². The lowest BCUT2D eigenvalue weighted by Crippen LogP contribution is -2.39. The van der Waals surface area contributed by atoms with Gasteiger partial charge in [-0.15, -0.1) is 0 Å². The summed E-state index contributed by atoms with van der Waals surface area (Å²) in [5.74, 6) is -1.05. The van der Waals surface area contributed by atoms with Crippen molar-refractivity contribution in [2.45, 2.75) is 37.6 Å². The van der Waals surface area contributed by atoms with Gasteiger partial charge in [-0.05, 0) is 35.1 Å². The fourth-order valence-corrected chi connectivity index (χ4v) is 4.64. The molecular weight excluding hydrogens is 396 g/mol. The zero-order valence-electron chi connectivity index (χ0n) is 17.3. The van der Waals surface area contributed by atoms with E-state index >= 15 is 0 Å². The Balaban J connectivity index is 1.27. The smallest absolute Gasteiger partial charge is 0.407 e. The molecule has 7 nitrogen and oxygen atoms in total. The summed E-state index contributed by atoms with van der Waals surface area (Å²) in [5, 5.41) is 11.6. The molecule has 0 saturated carbocycles. The molecular formula is C24H26N2O5. The van der Waals surface area contributed by atoms with Gasteiger partial charge in [0.15, 0.2) is 0 Å². The number of carbonyl (C=O) groups excluding carboxylic acids is 2. The number of carbonyl (C=O) groups is 3. The van der Waals surface area contributed by atoms with Gasteiger partial charge in [-0.2, -0.15) is 0 Å². The molecule has 162 valence electrons. The van der Waals surface area contributed by atoms with Gasteiger partial charge < -0.3 is 20.1 Å². The highest BCUT2D eigenvalue weighted by Crippen LogP contribution is 2.44. The molecule has 0 aromatic heterocycles. The Kier molecular flexibility index (Phi) is 6.21. The van der Waals surface area contributed by atoms with Crippen molar-refractivity contribution in [3.8, 4) is 11.1 Å². The number of ether oxygens (including phenoxy) is 1. The van der Waals surface area contributed by atoms with Crippen LogP contribution in [0.1, 0.15) is 42.7 Å². The number of nitrogens with one attached hydrogen (secondary N) is 1. The first kappa shape index (κ1) is 20.9. The fraction of sp³-hybridized carbons (Fsp3) is 0.375. The molecule has 2 aliphatic rings. The first-order valence-corrected chi connectivity index (χ1v) is 10.6. The maximum atomic E-state index is 12.4. The number of carboxylic acid groups (broad SMARTS) is 1. The second-order valence-corrected chi connectivity index (χ2v) is 7.98. The van der Waals surface area contributed by atoms with Crippen LogP contribution in [0.3, 0.4) is 0 Å². The summed E-state index contributed by atoms with van der Waals surface area (Å²) in [6, 6.07) is 16.0. The fourth-order valence-electron chi connectivity index (χ4n) is 4.64. The topological polar surface area (TPSA) is 95.9 Å². The number of rotatable bonds is 7. The molecule has 1 saturated heterocycles. The molecule has 1 fully saturated rings. The molecule has 1 aliphatic carbocycles. The molecule has 2 N–H and O–H groups in total. The van der Waals surface area contributed by atoms with E-state index in [1.165, 1.54) is 11.1 Å². The van der Waals surface area contributed by atoms with Crippen molar-refractivity contribution in [3.63, 3.8) is 0 Å². The molecule has 0 radical (unpaired) electrons. The number of likely N-dealkylation sites (tertiary alicyclic amines) is 1. The minimum atomic E-state index is -0.901. The molecule has 2 aromatic rings. The van der Waals surface area contributed by atoms with E-state index in [0.29, 0.717) is 13.0 Å². The number of amides is 2. The highest BCUT2D eigenvalue weighted by Gasteiger charge is 2.31. The van der Waals surface area contributed by atoms with Crippen LogP contribution in [0, 0.1) is 0 Å². The molecule has 7 heteroatoms. The number of hydrogen-bond acceptors (Lipinski definition) is 4. The lowest BCUT2D eigenvalue weighted by atomic mass is 9.98. The van der Waals surface area contributed by atoms with Crippen LogP contribution < -0.4 is 5.32 Å². The largest absolute Gasteiger partial charge is 0.481 e. The number of alkyl carbamates (subject to hydrolysis) is 1. The summed E-state index contributed by atoms with van der Waals surface area (Å²) in [6.07, 6.45) is 1.05. The van der Waals surface area contributed by atoms with E-state index in [9.17, 15) is 14.4 Å². The van der Waals surface area contributed by atoms with Gasteiger partial charge in [0.05, 0.1) is 6.42 Å². The summed E-state index contributed by atoms with van der Waals surface area (Å²) in [4.78, 5) is 37.2. The molecule has 1 unspecified atom stereocenters. The minimum Gasteiger partial charge on any atom is -0.481 e. The summed E-state index contributed by atoms with van der Waals surface area (Å²) in [7, 11) is 0. The number of aliphatic carboxylic acids is 1. The molecule has 4 rings (SSSR count). The summed E-state index contributed by atoms with van der Waals surface area (Å²) >= 11 is 0. The van der Waals surface area contributed by atoms with E-state index in [-0.39, 0.29) is 43.9 Å². The van der Waals surface area contributed by atoms with Crippen LogP contribution in [0.2, 0.25) is 0 Å². The molecule has 1 atom stereocenters. The number of hydrogen-bond donors (Lipinski definition) is 2. The summed E-state index contributed by atoms with van der Waals surface area (Å²) < 4.78 is 5.47. The first-order valence-electron chi connectivity index (χ1n) is 10.6. The van der Waals surface area contributed by atoms with Gasteiger partial charge >= 0.3 is 12.1 Å². The first-order chi connectivity index (χ1) is 15.0. The van der Waals surface area contributed by atoms with E-state index in [1.54, 1.807) is 4.90 Å². The van der Waals surface area contributed by atoms with Crippen molar-refractivity contribution in [2.75, 3.05) is 19.7 Å². The summed E-state index contributed by atoms with van der Waals surface area (Å²) in [5.41, 5.74) is 4.62. The number of fused-ring (bicyclic) bond motifs is 3. The van der Waals surface area contributed by atoms with Gasteiger partial charge in [-0.25, -0.2) is 4.79 Å². The van der Waals surface area contributed by atoms with Crippen molar-refractivity contribution in [2.24, 2.45) is 0 Å². The Morgan fingerprint density at radius 1 is 1.03 bits per heavy atom. The van der Waals surface area contributed by atoms with Crippen LogP contribution in [-0.2, 0) is 14.3 Å². The quantitative estimate of drug-likeness (QED) is 0.713. The Hall–Kier alpha value is -3.35. The Bertz CT molecular complexity index is 944. The van der Waals surface area contributed by atoms with Crippen LogP contribution in [-0.4, -0.2) is 53.7 Å². The highest BCUT2D eigenvalue weighted by molar-refractivity contribution is 5.80. The van der Waals surface area contributed by atoms with E-state index in [1.807, 2.05) is 24.3 Å². The molecule has 1 heterocycles. The third kappa shape index (κ3) is 4.55. The number of benzene rings is 2. The van der Waals surface area contributed by atoms with Crippen LogP contribution in [0.5, 0.6) is 0 Å². The van der Waals surface area contributed by atoms with Gasteiger partial charge in [0.25, 0.3) is 0 Å². The number of nitrogens with zero attached hydrogens (tertiary/aromatic N) is 1. The molecule has 31 heavy (non-hydrogen) atoms. The Morgan fingerprint density at radius 2 is 1.68 bits per heavy atom. The average Bonchev–Trinajstić information content (AvgIpc) is 3.34. The zero-order chi connectivity index (χ0) is 21.8. The van der Waals surface area contributed by atoms with Gasteiger partial charge in [0, 0.05) is 31.5 Å². The van der Waals surface area contributed by atoms with Crippen molar-refractivity contribution in [1.29, 1.82) is 0 Å². The maximum absolute atomic E-state index is 12.4. The van der Waals surface area contributed by atoms with Crippen LogP contribution in [0.25, 0.3) is 11.1 Å². The minimum absolute atomic E-state index is 0.0128. The van der Waals surface area contributed by atoms with Crippen molar-refractivity contribution < 1.29 is 24.2 Å². The standard InChI is InChI=1S/C24H26N2O5/c27-22(26-13-5-6-16(26)14-23(28)29)11-12-25-24(30)31-15-21-19-9-3-1-7-17(19)18-8-2-4-10-20(18)21/h1-4,7-10,16,21H,5-6,11-15H2,(H,25,30)(H,28,29). The lowest BCUT2D eigenvalue weighted by Gasteiger charge is -2.23. The van der Waals surface area contributed by atoms with Gasteiger partial charge in [0.2, 0.25) is 5.91 Å². The van der Waals surface area contributed by atoms with Gasteiger partial charge in [-0.1, -0.05) is 48.5 Å². The number of carboxylic acids is 1. The van der Waals surface area contributed by atoms with E-state index in [2.05, 4.69) is 29.6 Å². The lowest BCUT2D eigenvalue weighted by molar-refractivity contribution is -0.139. The van der Waals surface area contributed by atoms with Crippen molar-refractivity contribution in [1.82, 2.24) is 10.2 Å². The van der Waals surface area contributed by atoms with Crippen LogP contribution in [0.4, 0.5) is 4.79 Å². The summed E-state index contributed by atoms with van der Waals surface area (Å²) in [6.45, 7) is 0.953. The second kappa shape index (κ2) is 9.20. The zero-order valence-corrected chi connectivity index (χ0v) is 17.3. The highest BCUT2D eigenvalue weighted by atomic mass is 16.5. The predicted molar refractivity (Wildman–Crippen MR) is 115 cm³/mol. The van der Waals surface area contributed by atoms with Crippen LogP contribution in [0.15, 0.2) is 48.5 Å². The molecule has 0 spiro atoms. The van der Waals surface area contributed by atoms with Crippen molar-refractivity contribution >= 4 is 18.0 Å². The Morgan fingerprint density at radius 3 is 2.32 bits per heavy atom. The predicted octanol–water partition coefficient (Wildman–Crippen LogP) is 3.38. The molecule has 0 bridgehead atoms. The monoisotopic (exact) mass is 422 g/mol. The normalized spacial score (nSPS) is 17.2. The van der Waals surface area contributed by atoms with E-state index < -0.39 is 12.1 Å². The Labute approximate surface area is 181 Å². The van der Waals surface area contributed by atoms with Crippen molar-refractivity contribution in [3.05, 3.63) is 59.7 Å². The third-order valence-electron chi connectivity index (χ3n) is 6.06. The van der Waals surface area contributed by atoms with Gasteiger partial charge in [0.1, 0.15) is 6.61 Å². The average molecular weight is 422 g/mol. The van der Waals surface area contributed by atoms with Gasteiger partial charge in [-0.3, -0.25) is 9.59 Å².